The fourth-order valence-corrected chi connectivity index (χ4v) is 3.20. The molecule has 0 unspecified atom stereocenters. The molecular formula is C11H15N3O2S. The fraction of sp³-hybridized carbons (Fsp3) is 0.455. The van der Waals surface area contributed by atoms with Crippen LogP contribution in [0.3, 0.4) is 0 Å². The van der Waals surface area contributed by atoms with Crippen LogP contribution in [0.25, 0.3) is 0 Å². The second kappa shape index (κ2) is 5.25. The lowest BCUT2D eigenvalue weighted by Crippen LogP contribution is -2.36. The second-order valence-electron chi connectivity index (χ2n) is 3.82. The quantitative estimate of drug-likeness (QED) is 0.812. The van der Waals surface area contributed by atoms with Gasteiger partial charge in [-0.2, -0.15) is 9.57 Å². The van der Waals surface area contributed by atoms with E-state index in [9.17, 15) is 8.42 Å². The molecule has 0 saturated carbocycles. The highest BCUT2D eigenvalue weighted by molar-refractivity contribution is 7.89. The maximum Gasteiger partial charge on any atom is 0.244 e. The smallest absolute Gasteiger partial charge is 0.244 e. The standard InChI is InChI=1S/C11H15N3O2S/c1-4-14(9(2)3)17(15,16)11-5-10(6-12)7-13-8-11/h5,7-9H,4H2,1-3H3. The van der Waals surface area contributed by atoms with Gasteiger partial charge in [-0.25, -0.2) is 8.42 Å². The average molecular weight is 253 g/mol. The van der Waals surface area contributed by atoms with E-state index < -0.39 is 10.0 Å². The summed E-state index contributed by atoms with van der Waals surface area (Å²) in [5, 5.41) is 8.73. The molecule has 0 saturated heterocycles. The van der Waals surface area contributed by atoms with Crippen molar-refractivity contribution in [3.05, 3.63) is 24.0 Å². The Bertz CT molecular complexity index is 532. The Morgan fingerprint density at radius 3 is 2.59 bits per heavy atom. The predicted molar refractivity (Wildman–Crippen MR) is 63.7 cm³/mol. The first kappa shape index (κ1) is 13.6. The van der Waals surface area contributed by atoms with E-state index in [1.165, 1.54) is 22.8 Å². The molecule has 17 heavy (non-hydrogen) atoms. The number of hydrogen-bond donors (Lipinski definition) is 0. The van der Waals surface area contributed by atoms with E-state index in [2.05, 4.69) is 4.98 Å². The highest BCUT2D eigenvalue weighted by Gasteiger charge is 2.25. The van der Waals surface area contributed by atoms with Crippen LogP contribution in [-0.4, -0.2) is 30.3 Å². The molecule has 0 amide bonds. The maximum absolute atomic E-state index is 12.2. The van der Waals surface area contributed by atoms with Crippen LogP contribution >= 0.6 is 0 Å². The third-order valence-electron chi connectivity index (χ3n) is 2.34. The molecule has 92 valence electrons. The highest BCUT2D eigenvalue weighted by Crippen LogP contribution is 2.17. The molecular weight excluding hydrogens is 238 g/mol. The van der Waals surface area contributed by atoms with Crippen LogP contribution in [-0.2, 0) is 10.0 Å². The van der Waals surface area contributed by atoms with E-state index in [0.717, 1.165) is 0 Å². The van der Waals surface area contributed by atoms with Gasteiger partial charge in [0, 0.05) is 25.0 Å². The van der Waals surface area contributed by atoms with Gasteiger partial charge >= 0.3 is 0 Å². The number of aromatic nitrogens is 1. The first-order valence-corrected chi connectivity index (χ1v) is 6.74. The fourth-order valence-electron chi connectivity index (χ4n) is 1.57. The number of hydrogen-bond acceptors (Lipinski definition) is 4. The van der Waals surface area contributed by atoms with Crippen molar-refractivity contribution in [2.24, 2.45) is 0 Å². The minimum atomic E-state index is -3.56. The number of pyridine rings is 1. The van der Waals surface area contributed by atoms with Crippen molar-refractivity contribution in [1.82, 2.24) is 9.29 Å². The molecule has 0 aromatic carbocycles. The van der Waals surface area contributed by atoms with Gasteiger partial charge in [0.1, 0.15) is 11.0 Å². The average Bonchev–Trinajstić information content (AvgIpc) is 2.29. The molecule has 0 spiro atoms. The van der Waals surface area contributed by atoms with Gasteiger partial charge in [-0.3, -0.25) is 4.98 Å². The Morgan fingerprint density at radius 2 is 2.12 bits per heavy atom. The molecule has 1 rings (SSSR count). The third kappa shape index (κ3) is 2.81. The lowest BCUT2D eigenvalue weighted by atomic mass is 10.3. The minimum Gasteiger partial charge on any atom is -0.262 e. The number of nitrogens with zero attached hydrogens (tertiary/aromatic N) is 3. The summed E-state index contributed by atoms with van der Waals surface area (Å²) >= 11 is 0. The van der Waals surface area contributed by atoms with Gasteiger partial charge in [0.05, 0.1) is 5.56 Å². The monoisotopic (exact) mass is 253 g/mol. The van der Waals surface area contributed by atoms with Gasteiger partial charge in [-0.15, -0.1) is 0 Å². The van der Waals surface area contributed by atoms with Crippen molar-refractivity contribution in [3.63, 3.8) is 0 Å². The van der Waals surface area contributed by atoms with Crippen molar-refractivity contribution in [2.75, 3.05) is 6.54 Å². The van der Waals surface area contributed by atoms with Gasteiger partial charge in [0.15, 0.2) is 0 Å². The summed E-state index contributed by atoms with van der Waals surface area (Å²) < 4.78 is 25.9. The van der Waals surface area contributed by atoms with Gasteiger partial charge in [0.25, 0.3) is 0 Å². The number of rotatable bonds is 4. The third-order valence-corrected chi connectivity index (χ3v) is 4.45. The molecule has 1 aromatic rings. The van der Waals surface area contributed by atoms with Crippen LogP contribution in [0.5, 0.6) is 0 Å². The highest BCUT2D eigenvalue weighted by atomic mass is 32.2. The summed E-state index contributed by atoms with van der Waals surface area (Å²) in [7, 11) is -3.56. The first-order valence-electron chi connectivity index (χ1n) is 5.30. The van der Waals surface area contributed by atoms with Gasteiger partial charge < -0.3 is 0 Å². The maximum atomic E-state index is 12.2. The van der Waals surface area contributed by atoms with Crippen LogP contribution in [0.15, 0.2) is 23.4 Å². The summed E-state index contributed by atoms with van der Waals surface area (Å²) in [6.07, 6.45) is 2.60. The molecule has 5 nitrogen and oxygen atoms in total. The summed E-state index contributed by atoms with van der Waals surface area (Å²) in [5.74, 6) is 0. The van der Waals surface area contributed by atoms with Crippen molar-refractivity contribution < 1.29 is 8.42 Å². The van der Waals surface area contributed by atoms with Gasteiger partial charge in [-0.1, -0.05) is 6.92 Å². The molecule has 0 aliphatic heterocycles. The molecule has 0 aliphatic carbocycles. The largest absolute Gasteiger partial charge is 0.262 e. The molecule has 0 N–H and O–H groups in total. The van der Waals surface area contributed by atoms with Crippen molar-refractivity contribution in [1.29, 1.82) is 5.26 Å². The van der Waals surface area contributed by atoms with Crippen LogP contribution in [0.1, 0.15) is 26.3 Å². The minimum absolute atomic E-state index is 0.0621. The molecule has 1 heterocycles. The van der Waals surface area contributed by atoms with E-state index >= 15 is 0 Å². The van der Waals surface area contributed by atoms with Crippen LogP contribution < -0.4 is 0 Å². The summed E-state index contributed by atoms with van der Waals surface area (Å²) in [4.78, 5) is 3.83. The zero-order valence-electron chi connectivity index (χ0n) is 10.1. The van der Waals surface area contributed by atoms with Crippen LogP contribution in [0, 0.1) is 11.3 Å². The Kier molecular flexibility index (Phi) is 4.21. The van der Waals surface area contributed by atoms with Crippen molar-refractivity contribution in [3.8, 4) is 6.07 Å². The number of sulfonamides is 1. The van der Waals surface area contributed by atoms with E-state index in [0.29, 0.717) is 6.54 Å². The SMILES string of the molecule is CCN(C(C)C)S(=O)(=O)c1cncc(C#N)c1. The molecule has 6 heteroatoms. The molecule has 0 radical (unpaired) electrons. The topological polar surface area (TPSA) is 74.1 Å². The van der Waals surface area contributed by atoms with E-state index in [1.54, 1.807) is 6.92 Å². The molecule has 0 fully saturated rings. The van der Waals surface area contributed by atoms with Crippen molar-refractivity contribution >= 4 is 10.0 Å². The zero-order chi connectivity index (χ0) is 13.1. The van der Waals surface area contributed by atoms with Gasteiger partial charge in [-0.05, 0) is 19.9 Å². The Morgan fingerprint density at radius 1 is 1.47 bits per heavy atom. The normalized spacial score (nSPS) is 11.8. The predicted octanol–water partition coefficient (Wildman–Crippen LogP) is 1.37. The summed E-state index contributed by atoms with van der Waals surface area (Å²) in [6, 6.07) is 3.09. The lowest BCUT2D eigenvalue weighted by Gasteiger charge is -2.24. The van der Waals surface area contributed by atoms with Gasteiger partial charge in [0.2, 0.25) is 10.0 Å². The Hall–Kier alpha value is -1.45. The van der Waals surface area contributed by atoms with E-state index in [4.69, 9.17) is 5.26 Å². The Labute approximate surface area is 102 Å². The number of nitriles is 1. The molecule has 0 atom stereocenters. The summed E-state index contributed by atoms with van der Waals surface area (Å²) in [5.41, 5.74) is 0.242. The molecule has 1 aromatic heterocycles. The lowest BCUT2D eigenvalue weighted by molar-refractivity contribution is 0.369. The van der Waals surface area contributed by atoms with Crippen LogP contribution in [0.4, 0.5) is 0 Å². The summed E-state index contributed by atoms with van der Waals surface area (Å²) in [6.45, 7) is 5.78. The van der Waals surface area contributed by atoms with E-state index in [-0.39, 0.29) is 16.5 Å². The first-order chi connectivity index (χ1) is 7.93. The van der Waals surface area contributed by atoms with Crippen molar-refractivity contribution in [2.45, 2.75) is 31.7 Å². The van der Waals surface area contributed by atoms with Crippen LogP contribution in [0.2, 0.25) is 0 Å². The zero-order valence-corrected chi connectivity index (χ0v) is 10.9. The van der Waals surface area contributed by atoms with E-state index in [1.807, 2.05) is 19.9 Å². The molecule has 0 bridgehead atoms. The Balaban J connectivity index is 3.26. The second-order valence-corrected chi connectivity index (χ2v) is 5.71. The molecule has 0 aliphatic rings.